The van der Waals surface area contributed by atoms with Crippen molar-refractivity contribution in [2.75, 3.05) is 5.32 Å². The zero-order valence-corrected chi connectivity index (χ0v) is 18.1. The summed E-state index contributed by atoms with van der Waals surface area (Å²) in [4.78, 5) is 19.1. The average Bonchev–Trinajstić information content (AvgIpc) is 3.16. The normalized spacial score (nSPS) is 10.8. The molecule has 7 heteroatoms. The van der Waals surface area contributed by atoms with Gasteiger partial charge in [-0.3, -0.25) is 9.89 Å². The summed E-state index contributed by atoms with van der Waals surface area (Å²) in [6.07, 6.45) is 3.36. The number of nitrogens with zero attached hydrogens (tertiary/aromatic N) is 3. The first-order valence-electron chi connectivity index (χ1n) is 10.3. The number of halogens is 1. The number of aromatic amines is 1. The number of aryl methyl sites for hydroxylation is 2. The number of carbonyl (C=O) groups is 1. The third-order valence-corrected chi connectivity index (χ3v) is 5.30. The van der Waals surface area contributed by atoms with Crippen molar-refractivity contribution in [3.05, 3.63) is 71.0 Å². The summed E-state index contributed by atoms with van der Waals surface area (Å²) >= 11 is 0. The van der Waals surface area contributed by atoms with Crippen LogP contribution in [-0.4, -0.2) is 21.1 Å². The fraction of sp³-hybridized carbons (Fsp3) is 0.200. The second-order valence-corrected chi connectivity index (χ2v) is 7.73. The second kappa shape index (κ2) is 8.60. The monoisotopic (exact) mass is 427 g/mol. The van der Waals surface area contributed by atoms with Crippen LogP contribution in [0.25, 0.3) is 38.1 Å². The van der Waals surface area contributed by atoms with Gasteiger partial charge in [0.15, 0.2) is 5.69 Å². The smallest absolute Gasteiger partial charge is 0.222 e. The Kier molecular flexibility index (Phi) is 5.69. The van der Waals surface area contributed by atoms with E-state index in [0.717, 1.165) is 34.9 Å². The summed E-state index contributed by atoms with van der Waals surface area (Å²) in [5.41, 5.74) is 5.14. The highest BCUT2D eigenvalue weighted by molar-refractivity contribution is 6.00. The van der Waals surface area contributed by atoms with Crippen LogP contribution in [-0.2, 0) is 11.2 Å². The van der Waals surface area contributed by atoms with Crippen LogP contribution >= 0.6 is 0 Å². The van der Waals surface area contributed by atoms with E-state index < -0.39 is 0 Å². The third-order valence-electron chi connectivity index (χ3n) is 5.30. The van der Waals surface area contributed by atoms with Crippen molar-refractivity contribution in [1.82, 2.24) is 15.2 Å². The molecule has 0 aliphatic heterocycles. The molecule has 0 atom stereocenters. The van der Waals surface area contributed by atoms with Crippen molar-refractivity contribution in [3.63, 3.8) is 0 Å². The lowest BCUT2D eigenvalue weighted by Gasteiger charge is -2.13. The maximum absolute atomic E-state index is 15.2. The number of hydrogen-bond acceptors (Lipinski definition) is 3. The van der Waals surface area contributed by atoms with Gasteiger partial charge in [0.2, 0.25) is 5.91 Å². The Morgan fingerprint density at radius 1 is 1.25 bits per heavy atom. The van der Waals surface area contributed by atoms with E-state index in [1.165, 1.54) is 6.92 Å². The van der Waals surface area contributed by atoms with Crippen molar-refractivity contribution in [2.24, 2.45) is 0 Å². The van der Waals surface area contributed by atoms with Crippen molar-refractivity contribution < 1.29 is 9.18 Å². The van der Waals surface area contributed by atoms with Gasteiger partial charge in [-0.25, -0.2) is 14.2 Å². The molecule has 160 valence electrons. The first-order chi connectivity index (χ1) is 15.4. The van der Waals surface area contributed by atoms with Crippen molar-refractivity contribution >= 4 is 28.3 Å². The Morgan fingerprint density at radius 3 is 2.69 bits per heavy atom. The Labute approximate surface area is 185 Å². The van der Waals surface area contributed by atoms with Gasteiger partial charge in [0, 0.05) is 29.6 Å². The fourth-order valence-corrected chi connectivity index (χ4v) is 3.94. The molecule has 6 nitrogen and oxygen atoms in total. The Morgan fingerprint density at radius 2 is 2.06 bits per heavy atom. The number of carbonyl (C=O) groups excluding carboxylic acids is 1. The molecule has 0 saturated heterocycles. The zero-order valence-electron chi connectivity index (χ0n) is 18.1. The maximum Gasteiger partial charge on any atom is 0.222 e. The molecular formula is C25H22FN5O. The standard InChI is InChI=1S/C25H22FN5O/c1-5-6-16-9-14(2)24(20(26)10-16)18-11-19-22(12-21(18)27-4)30-31-25(19)17-7-8-23(28-13-17)29-15(3)32/h7-13H,5-6H2,1-3H3,(H,30,31)(H,28,29,32). The van der Waals surface area contributed by atoms with Gasteiger partial charge >= 0.3 is 0 Å². The average molecular weight is 427 g/mol. The highest BCUT2D eigenvalue weighted by atomic mass is 19.1. The fourth-order valence-electron chi connectivity index (χ4n) is 3.94. The van der Waals surface area contributed by atoms with Crippen molar-refractivity contribution in [1.29, 1.82) is 0 Å². The van der Waals surface area contributed by atoms with Gasteiger partial charge in [0.05, 0.1) is 12.1 Å². The SMILES string of the molecule is [C-]#[N+]c1cc2[nH]nc(-c3ccc(NC(C)=O)nc3)c2cc1-c1c(C)cc(CCC)cc1F. The zero-order chi connectivity index (χ0) is 22.8. The minimum Gasteiger partial charge on any atom is -0.311 e. The van der Waals surface area contributed by atoms with E-state index in [0.29, 0.717) is 33.8 Å². The molecular weight excluding hydrogens is 405 g/mol. The van der Waals surface area contributed by atoms with Gasteiger partial charge in [0.1, 0.15) is 17.3 Å². The molecule has 0 unspecified atom stereocenters. The molecule has 2 aromatic heterocycles. The number of aromatic nitrogens is 3. The number of pyridine rings is 1. The lowest BCUT2D eigenvalue weighted by molar-refractivity contribution is -0.114. The van der Waals surface area contributed by atoms with Gasteiger partial charge in [0.25, 0.3) is 0 Å². The van der Waals surface area contributed by atoms with E-state index in [2.05, 4.69) is 32.3 Å². The largest absolute Gasteiger partial charge is 0.311 e. The van der Waals surface area contributed by atoms with Gasteiger partial charge in [-0.15, -0.1) is 0 Å². The summed E-state index contributed by atoms with van der Waals surface area (Å²) in [5.74, 6) is -0.0832. The molecule has 2 heterocycles. The van der Waals surface area contributed by atoms with Crippen LogP contribution in [0.1, 0.15) is 31.4 Å². The summed E-state index contributed by atoms with van der Waals surface area (Å²) in [5, 5.41) is 10.8. The number of fused-ring (bicyclic) bond motifs is 1. The van der Waals surface area contributed by atoms with E-state index in [1.54, 1.807) is 24.4 Å². The molecule has 0 spiro atoms. The van der Waals surface area contributed by atoms with E-state index in [4.69, 9.17) is 6.57 Å². The molecule has 4 aromatic rings. The van der Waals surface area contributed by atoms with Crippen molar-refractivity contribution in [2.45, 2.75) is 33.6 Å². The van der Waals surface area contributed by atoms with Gasteiger partial charge < -0.3 is 5.32 Å². The minimum absolute atomic E-state index is 0.200. The number of amides is 1. The minimum atomic E-state index is -0.330. The van der Waals surface area contributed by atoms with E-state index in [-0.39, 0.29) is 11.7 Å². The first-order valence-corrected chi connectivity index (χ1v) is 10.3. The Hall–Kier alpha value is -4.05. The molecule has 2 aromatic carbocycles. The van der Waals surface area contributed by atoms with Gasteiger partial charge in [-0.1, -0.05) is 25.5 Å². The third kappa shape index (κ3) is 3.95. The van der Waals surface area contributed by atoms with Crippen LogP contribution in [0.5, 0.6) is 0 Å². The number of benzene rings is 2. The quantitative estimate of drug-likeness (QED) is 0.372. The topological polar surface area (TPSA) is 75.0 Å². The molecule has 0 fully saturated rings. The molecule has 0 saturated carbocycles. The second-order valence-electron chi connectivity index (χ2n) is 7.73. The summed E-state index contributed by atoms with van der Waals surface area (Å²) in [6.45, 7) is 13.0. The van der Waals surface area contributed by atoms with E-state index in [9.17, 15) is 4.79 Å². The van der Waals surface area contributed by atoms with E-state index >= 15 is 4.39 Å². The van der Waals surface area contributed by atoms with Crippen LogP contribution in [0.3, 0.4) is 0 Å². The van der Waals surface area contributed by atoms with E-state index in [1.807, 2.05) is 25.1 Å². The lowest BCUT2D eigenvalue weighted by atomic mass is 9.93. The lowest BCUT2D eigenvalue weighted by Crippen LogP contribution is -2.06. The summed E-state index contributed by atoms with van der Waals surface area (Å²) in [6, 6.07) is 10.6. The first kappa shape index (κ1) is 21.2. The number of hydrogen-bond donors (Lipinski definition) is 2. The van der Waals surface area contributed by atoms with Gasteiger partial charge in [-0.05, 0) is 54.3 Å². The van der Waals surface area contributed by atoms with Crippen LogP contribution in [0, 0.1) is 19.3 Å². The number of anilines is 1. The summed E-state index contributed by atoms with van der Waals surface area (Å²) in [7, 11) is 0. The predicted octanol–water partition coefficient (Wildman–Crippen LogP) is 6.20. The molecule has 0 bridgehead atoms. The molecule has 4 rings (SSSR count). The molecule has 1 amide bonds. The van der Waals surface area contributed by atoms with Crippen LogP contribution in [0.4, 0.5) is 15.9 Å². The number of nitrogens with one attached hydrogen (secondary N) is 2. The number of H-pyrrole nitrogens is 1. The Bertz CT molecular complexity index is 1340. The number of rotatable bonds is 5. The van der Waals surface area contributed by atoms with Crippen LogP contribution < -0.4 is 5.32 Å². The highest BCUT2D eigenvalue weighted by Gasteiger charge is 2.18. The molecule has 0 aliphatic carbocycles. The van der Waals surface area contributed by atoms with Crippen LogP contribution in [0.2, 0.25) is 0 Å². The maximum atomic E-state index is 15.2. The highest BCUT2D eigenvalue weighted by Crippen LogP contribution is 2.40. The molecule has 0 aliphatic rings. The van der Waals surface area contributed by atoms with Crippen molar-refractivity contribution in [3.8, 4) is 22.4 Å². The van der Waals surface area contributed by atoms with Crippen LogP contribution in [0.15, 0.2) is 42.6 Å². The summed E-state index contributed by atoms with van der Waals surface area (Å²) < 4.78 is 15.2. The molecule has 0 radical (unpaired) electrons. The molecule has 2 N–H and O–H groups in total. The molecule has 32 heavy (non-hydrogen) atoms. The van der Waals surface area contributed by atoms with Gasteiger partial charge in [-0.2, -0.15) is 5.10 Å². The Balaban J connectivity index is 1.85. The predicted molar refractivity (Wildman–Crippen MR) is 124 cm³/mol.